The summed E-state index contributed by atoms with van der Waals surface area (Å²) in [5.41, 5.74) is 4.11. The third-order valence-electron chi connectivity index (χ3n) is 5.11. The number of aromatic amines is 1. The Balaban J connectivity index is 1.53. The Morgan fingerprint density at radius 1 is 1.15 bits per heavy atom. The van der Waals surface area contributed by atoms with E-state index in [-0.39, 0.29) is 11.8 Å². The predicted octanol–water partition coefficient (Wildman–Crippen LogP) is 3.91. The number of hydrogen-bond donors (Lipinski definition) is 1. The van der Waals surface area contributed by atoms with Crippen LogP contribution in [0, 0.1) is 6.92 Å². The molecule has 27 heavy (non-hydrogen) atoms. The average Bonchev–Trinajstić information content (AvgIpc) is 3.26. The van der Waals surface area contributed by atoms with Crippen LogP contribution in [0.1, 0.15) is 29.4 Å². The number of carbonyl (C=O) groups is 1. The molecule has 0 aliphatic carbocycles. The number of imidazole rings is 1. The van der Waals surface area contributed by atoms with Crippen LogP contribution in [0.3, 0.4) is 0 Å². The van der Waals surface area contributed by atoms with Gasteiger partial charge in [0.25, 0.3) is 0 Å². The highest BCUT2D eigenvalue weighted by atomic mass is 16.5. The molecule has 1 aromatic heterocycles. The Kier molecular flexibility index (Phi) is 4.67. The normalized spacial score (nSPS) is 16.7. The van der Waals surface area contributed by atoms with Gasteiger partial charge in [-0.2, -0.15) is 0 Å². The van der Waals surface area contributed by atoms with Crippen LogP contribution in [-0.2, 0) is 11.3 Å². The van der Waals surface area contributed by atoms with Gasteiger partial charge in [0.1, 0.15) is 11.6 Å². The molecule has 1 aliphatic heterocycles. The van der Waals surface area contributed by atoms with Crippen molar-refractivity contribution in [2.75, 3.05) is 13.7 Å². The zero-order chi connectivity index (χ0) is 18.8. The number of para-hydroxylation sites is 1. The molecule has 4 rings (SSSR count). The third-order valence-corrected chi connectivity index (χ3v) is 5.11. The van der Waals surface area contributed by atoms with E-state index in [1.54, 1.807) is 7.11 Å². The van der Waals surface area contributed by atoms with E-state index in [1.165, 1.54) is 0 Å². The summed E-state index contributed by atoms with van der Waals surface area (Å²) < 4.78 is 5.41. The predicted molar refractivity (Wildman–Crippen MR) is 105 cm³/mol. The summed E-state index contributed by atoms with van der Waals surface area (Å²) in [6.45, 7) is 3.25. The minimum atomic E-state index is 0.0865. The van der Waals surface area contributed by atoms with E-state index in [4.69, 9.17) is 9.72 Å². The van der Waals surface area contributed by atoms with Crippen LogP contribution in [-0.4, -0.2) is 34.4 Å². The van der Waals surface area contributed by atoms with Crippen molar-refractivity contribution in [3.05, 3.63) is 71.7 Å². The van der Waals surface area contributed by atoms with E-state index < -0.39 is 0 Å². The largest absolute Gasteiger partial charge is 0.496 e. The minimum Gasteiger partial charge on any atom is -0.496 e. The van der Waals surface area contributed by atoms with Gasteiger partial charge in [-0.1, -0.05) is 48.5 Å². The lowest BCUT2D eigenvalue weighted by Gasteiger charge is -2.18. The number of nitrogens with one attached hydrogen (secondary N) is 1. The monoisotopic (exact) mass is 361 g/mol. The van der Waals surface area contributed by atoms with Crippen LogP contribution in [0.25, 0.3) is 11.3 Å². The van der Waals surface area contributed by atoms with E-state index in [2.05, 4.69) is 17.1 Å². The molecule has 2 aromatic carbocycles. The van der Waals surface area contributed by atoms with Gasteiger partial charge in [-0.3, -0.25) is 4.79 Å². The van der Waals surface area contributed by atoms with E-state index in [1.807, 2.05) is 54.3 Å². The van der Waals surface area contributed by atoms with E-state index >= 15 is 0 Å². The summed E-state index contributed by atoms with van der Waals surface area (Å²) in [4.78, 5) is 22.7. The molecule has 0 saturated carbocycles. The fraction of sp³-hybridized carbons (Fsp3) is 0.273. The number of nitrogens with zero attached hydrogens (tertiary/aromatic N) is 2. The Labute approximate surface area is 159 Å². The number of aryl methyl sites for hydroxylation is 1. The molecule has 1 unspecified atom stereocenters. The summed E-state index contributed by atoms with van der Waals surface area (Å²) in [6, 6.07) is 18.0. The van der Waals surface area contributed by atoms with Crippen molar-refractivity contribution in [2.24, 2.45) is 0 Å². The van der Waals surface area contributed by atoms with Gasteiger partial charge in [0.05, 0.1) is 12.8 Å². The number of rotatable bonds is 5. The highest BCUT2D eigenvalue weighted by molar-refractivity contribution is 5.79. The van der Waals surface area contributed by atoms with E-state index in [0.717, 1.165) is 34.1 Å². The zero-order valence-electron chi connectivity index (χ0n) is 15.6. The SMILES string of the molecule is COc1ccccc1CN1CC(c2nc(-c3ccccc3)c(C)[nH]2)CC1=O. The first-order valence-electron chi connectivity index (χ1n) is 9.17. The van der Waals surface area contributed by atoms with Crippen molar-refractivity contribution in [3.8, 4) is 17.0 Å². The van der Waals surface area contributed by atoms with Crippen molar-refractivity contribution < 1.29 is 9.53 Å². The Hall–Kier alpha value is -3.08. The molecule has 1 saturated heterocycles. The van der Waals surface area contributed by atoms with Gasteiger partial charge in [0.2, 0.25) is 5.91 Å². The summed E-state index contributed by atoms with van der Waals surface area (Å²) in [5, 5.41) is 0. The number of H-pyrrole nitrogens is 1. The van der Waals surface area contributed by atoms with Crippen LogP contribution in [0.5, 0.6) is 5.75 Å². The number of amides is 1. The molecule has 0 spiro atoms. The highest BCUT2D eigenvalue weighted by Gasteiger charge is 2.33. The Bertz CT molecular complexity index is 949. The first-order valence-corrected chi connectivity index (χ1v) is 9.17. The molecule has 1 fully saturated rings. The summed E-state index contributed by atoms with van der Waals surface area (Å²) in [5.74, 6) is 1.95. The van der Waals surface area contributed by atoms with Gasteiger partial charge in [-0.25, -0.2) is 4.98 Å². The first kappa shape index (κ1) is 17.3. The molecule has 1 N–H and O–H groups in total. The second-order valence-corrected chi connectivity index (χ2v) is 6.95. The van der Waals surface area contributed by atoms with Crippen LogP contribution in [0.4, 0.5) is 0 Å². The fourth-order valence-electron chi connectivity index (χ4n) is 3.70. The van der Waals surface area contributed by atoms with Gasteiger partial charge in [-0.15, -0.1) is 0 Å². The first-order chi connectivity index (χ1) is 13.2. The maximum atomic E-state index is 12.6. The molecular formula is C22H23N3O2. The molecule has 1 atom stereocenters. The van der Waals surface area contributed by atoms with Crippen molar-refractivity contribution in [3.63, 3.8) is 0 Å². The van der Waals surface area contributed by atoms with Crippen LogP contribution in [0.15, 0.2) is 54.6 Å². The van der Waals surface area contributed by atoms with Crippen molar-refractivity contribution >= 4 is 5.91 Å². The van der Waals surface area contributed by atoms with Gasteiger partial charge in [0.15, 0.2) is 0 Å². The second-order valence-electron chi connectivity index (χ2n) is 6.95. The molecule has 2 heterocycles. The number of benzene rings is 2. The number of methoxy groups -OCH3 is 1. The standard InChI is InChI=1S/C22H23N3O2/c1-15-21(16-8-4-3-5-9-16)24-22(23-15)18-12-20(26)25(14-18)13-17-10-6-7-11-19(17)27-2/h3-11,18H,12-14H2,1-2H3,(H,23,24). The minimum absolute atomic E-state index is 0.0865. The number of hydrogen-bond acceptors (Lipinski definition) is 3. The summed E-state index contributed by atoms with van der Waals surface area (Å²) in [7, 11) is 1.66. The molecule has 1 amide bonds. The van der Waals surface area contributed by atoms with Crippen LogP contribution >= 0.6 is 0 Å². The maximum Gasteiger partial charge on any atom is 0.223 e. The van der Waals surface area contributed by atoms with Gasteiger partial charge < -0.3 is 14.6 Å². The summed E-state index contributed by atoms with van der Waals surface area (Å²) >= 11 is 0. The van der Waals surface area contributed by atoms with Crippen molar-refractivity contribution in [2.45, 2.75) is 25.8 Å². The number of likely N-dealkylation sites (tertiary alicyclic amines) is 1. The molecule has 5 nitrogen and oxygen atoms in total. The zero-order valence-corrected chi connectivity index (χ0v) is 15.6. The highest BCUT2D eigenvalue weighted by Crippen LogP contribution is 2.31. The van der Waals surface area contributed by atoms with Crippen molar-refractivity contribution in [1.82, 2.24) is 14.9 Å². The number of carbonyl (C=O) groups excluding carboxylic acids is 1. The summed E-state index contributed by atoms with van der Waals surface area (Å²) in [6.07, 6.45) is 0.482. The quantitative estimate of drug-likeness (QED) is 0.750. The fourth-order valence-corrected chi connectivity index (χ4v) is 3.70. The van der Waals surface area contributed by atoms with Gasteiger partial charge in [-0.05, 0) is 13.0 Å². The van der Waals surface area contributed by atoms with E-state index in [9.17, 15) is 4.79 Å². The maximum absolute atomic E-state index is 12.6. The lowest BCUT2D eigenvalue weighted by atomic mass is 10.1. The number of aromatic nitrogens is 2. The molecule has 0 radical (unpaired) electrons. The topological polar surface area (TPSA) is 58.2 Å². The smallest absolute Gasteiger partial charge is 0.223 e. The molecule has 0 bridgehead atoms. The van der Waals surface area contributed by atoms with Crippen LogP contribution in [0.2, 0.25) is 0 Å². The lowest BCUT2D eigenvalue weighted by Crippen LogP contribution is -2.24. The van der Waals surface area contributed by atoms with Crippen LogP contribution < -0.4 is 4.74 Å². The third kappa shape index (κ3) is 3.45. The molecular weight excluding hydrogens is 338 g/mol. The Morgan fingerprint density at radius 3 is 2.67 bits per heavy atom. The van der Waals surface area contributed by atoms with Crippen molar-refractivity contribution in [1.29, 1.82) is 0 Å². The molecule has 5 heteroatoms. The molecule has 138 valence electrons. The molecule has 1 aliphatic rings. The lowest BCUT2D eigenvalue weighted by molar-refractivity contribution is -0.128. The van der Waals surface area contributed by atoms with E-state index in [0.29, 0.717) is 19.5 Å². The second kappa shape index (κ2) is 7.27. The molecule has 3 aromatic rings. The number of ether oxygens (including phenoxy) is 1. The van der Waals surface area contributed by atoms with Gasteiger partial charge in [0, 0.05) is 42.2 Å². The Morgan fingerprint density at radius 2 is 1.89 bits per heavy atom. The average molecular weight is 361 g/mol. The van der Waals surface area contributed by atoms with Gasteiger partial charge >= 0.3 is 0 Å².